The minimum absolute atomic E-state index is 0.0564. The van der Waals surface area contributed by atoms with Crippen molar-refractivity contribution < 1.29 is 4.79 Å². The highest BCUT2D eigenvalue weighted by Gasteiger charge is 2.45. The van der Waals surface area contributed by atoms with E-state index in [2.05, 4.69) is 11.0 Å². The second-order valence-corrected chi connectivity index (χ2v) is 6.35. The summed E-state index contributed by atoms with van der Waals surface area (Å²) in [6.45, 7) is 1.37. The normalized spacial score (nSPS) is 20.0. The number of hydrogen-bond donors (Lipinski definition) is 0. The smallest absolute Gasteiger partial charge is 0.247 e. The first kappa shape index (κ1) is 14.2. The molecule has 0 atom stereocenters. The molecule has 0 N–H and O–H groups in total. The molecule has 0 spiro atoms. The zero-order chi connectivity index (χ0) is 15.0. The van der Waals surface area contributed by atoms with E-state index >= 15 is 0 Å². The van der Waals surface area contributed by atoms with Crippen LogP contribution in [0.5, 0.6) is 0 Å². The van der Waals surface area contributed by atoms with Gasteiger partial charge in [0.15, 0.2) is 0 Å². The number of nitriles is 1. The molecule has 1 aromatic rings. The summed E-state index contributed by atoms with van der Waals surface area (Å²) in [4.78, 5) is 16.8. The van der Waals surface area contributed by atoms with E-state index in [1.54, 1.807) is 4.90 Å². The first-order chi connectivity index (χ1) is 10.1. The van der Waals surface area contributed by atoms with Crippen LogP contribution in [-0.2, 0) is 4.79 Å². The molecule has 1 aromatic carbocycles. The van der Waals surface area contributed by atoms with E-state index in [1.165, 1.54) is 0 Å². The van der Waals surface area contributed by atoms with Crippen LogP contribution >= 0.6 is 11.6 Å². The Kier molecular flexibility index (Phi) is 3.54. The second-order valence-electron chi connectivity index (χ2n) is 5.91. The summed E-state index contributed by atoms with van der Waals surface area (Å²) in [6.07, 6.45) is 3.25. The summed E-state index contributed by atoms with van der Waals surface area (Å²) in [5, 5.41) is 10.1. The highest BCUT2D eigenvalue weighted by atomic mass is 35.5. The zero-order valence-electron chi connectivity index (χ0n) is 12.1. The molecule has 2 aliphatic rings. The number of halogens is 1. The number of carbonyl (C=O) groups is 1. The van der Waals surface area contributed by atoms with Crippen LogP contribution < -0.4 is 9.80 Å². The Hall–Kier alpha value is -1.73. The lowest BCUT2D eigenvalue weighted by Gasteiger charge is -2.38. The minimum atomic E-state index is -0.838. The lowest BCUT2D eigenvalue weighted by atomic mass is 9.86. The fraction of sp³-hybridized carbons (Fsp3) is 0.500. The van der Waals surface area contributed by atoms with Crippen LogP contribution in [-0.4, -0.2) is 26.0 Å². The van der Waals surface area contributed by atoms with Crippen molar-refractivity contribution in [2.75, 3.05) is 29.9 Å². The monoisotopic (exact) mass is 303 g/mol. The summed E-state index contributed by atoms with van der Waals surface area (Å²) >= 11 is 6.10. The van der Waals surface area contributed by atoms with Crippen LogP contribution in [0.4, 0.5) is 11.4 Å². The van der Waals surface area contributed by atoms with E-state index in [1.807, 2.05) is 25.2 Å². The molecule has 0 unspecified atom stereocenters. The van der Waals surface area contributed by atoms with E-state index in [0.29, 0.717) is 24.4 Å². The Morgan fingerprint density at radius 2 is 2.00 bits per heavy atom. The molecule has 110 valence electrons. The number of carbonyl (C=O) groups excluding carboxylic acids is 1. The molecule has 1 aliphatic heterocycles. The largest absolute Gasteiger partial charge is 0.371 e. The van der Waals surface area contributed by atoms with Gasteiger partial charge in [-0.25, -0.2) is 0 Å². The lowest BCUT2D eigenvalue weighted by Crippen LogP contribution is -2.48. The van der Waals surface area contributed by atoms with Gasteiger partial charge in [-0.1, -0.05) is 24.4 Å². The maximum atomic E-state index is 13.0. The second kappa shape index (κ2) is 5.23. The van der Waals surface area contributed by atoms with E-state index in [9.17, 15) is 10.1 Å². The standard InChI is InChI=1S/C16H18ClN3O/c1-19-8-9-20(14-10-12(17)4-5-13(14)19)15(21)16(11-18)6-2-3-7-16/h4-5,10H,2-3,6-9H2,1H3. The Morgan fingerprint density at radius 1 is 1.29 bits per heavy atom. The van der Waals surface area contributed by atoms with Crippen LogP contribution in [0.2, 0.25) is 5.02 Å². The van der Waals surface area contributed by atoms with Gasteiger partial charge in [-0.2, -0.15) is 5.26 Å². The number of benzene rings is 1. The molecule has 0 saturated heterocycles. The fourth-order valence-electron chi connectivity index (χ4n) is 3.35. The topological polar surface area (TPSA) is 47.3 Å². The van der Waals surface area contributed by atoms with Crippen molar-refractivity contribution in [3.05, 3.63) is 23.2 Å². The van der Waals surface area contributed by atoms with Crippen LogP contribution in [0.25, 0.3) is 0 Å². The summed E-state index contributed by atoms with van der Waals surface area (Å²) in [5.74, 6) is -0.0564. The molecular weight excluding hydrogens is 286 g/mol. The van der Waals surface area contributed by atoms with E-state index in [-0.39, 0.29) is 5.91 Å². The molecule has 1 saturated carbocycles. The zero-order valence-corrected chi connectivity index (χ0v) is 12.9. The predicted molar refractivity (Wildman–Crippen MR) is 83.6 cm³/mol. The number of hydrogen-bond acceptors (Lipinski definition) is 3. The molecular formula is C16H18ClN3O. The van der Waals surface area contributed by atoms with Crippen LogP contribution in [0.3, 0.4) is 0 Å². The van der Waals surface area contributed by atoms with Gasteiger partial charge in [0.2, 0.25) is 5.91 Å². The molecule has 5 heteroatoms. The first-order valence-electron chi connectivity index (χ1n) is 7.31. The van der Waals surface area contributed by atoms with Crippen molar-refractivity contribution in [3.8, 4) is 6.07 Å². The molecule has 1 fully saturated rings. The fourth-order valence-corrected chi connectivity index (χ4v) is 3.51. The third-order valence-corrected chi connectivity index (χ3v) is 4.86. The van der Waals surface area contributed by atoms with E-state index < -0.39 is 5.41 Å². The van der Waals surface area contributed by atoms with Gasteiger partial charge in [-0.15, -0.1) is 0 Å². The van der Waals surface area contributed by atoms with Crippen LogP contribution in [0.1, 0.15) is 25.7 Å². The Balaban J connectivity index is 2.01. The SMILES string of the molecule is CN1CCN(C(=O)C2(C#N)CCCC2)c2cc(Cl)ccc21. The molecule has 1 aliphatic carbocycles. The van der Waals surface area contributed by atoms with Crippen LogP contribution in [0.15, 0.2) is 18.2 Å². The van der Waals surface area contributed by atoms with Crippen LogP contribution in [0, 0.1) is 16.7 Å². The molecule has 0 aromatic heterocycles. The summed E-state index contributed by atoms with van der Waals surface area (Å²) < 4.78 is 0. The van der Waals surface area contributed by atoms with Crippen molar-refractivity contribution in [2.24, 2.45) is 5.41 Å². The van der Waals surface area contributed by atoms with Gasteiger partial charge in [-0.05, 0) is 31.0 Å². The van der Waals surface area contributed by atoms with Crippen molar-refractivity contribution in [2.45, 2.75) is 25.7 Å². The predicted octanol–water partition coefficient (Wildman–Crippen LogP) is 3.21. The number of fused-ring (bicyclic) bond motifs is 1. The van der Waals surface area contributed by atoms with Crippen molar-refractivity contribution in [3.63, 3.8) is 0 Å². The molecule has 4 nitrogen and oxygen atoms in total. The van der Waals surface area contributed by atoms with Gasteiger partial charge in [-0.3, -0.25) is 4.79 Å². The third-order valence-electron chi connectivity index (χ3n) is 4.62. The molecule has 3 rings (SSSR count). The maximum Gasteiger partial charge on any atom is 0.247 e. The van der Waals surface area contributed by atoms with E-state index in [0.717, 1.165) is 30.8 Å². The first-order valence-corrected chi connectivity index (χ1v) is 7.69. The average molecular weight is 304 g/mol. The Morgan fingerprint density at radius 3 is 2.67 bits per heavy atom. The van der Waals surface area contributed by atoms with Crippen molar-refractivity contribution in [1.82, 2.24) is 0 Å². The van der Waals surface area contributed by atoms with Gasteiger partial charge in [0.1, 0.15) is 5.41 Å². The lowest BCUT2D eigenvalue weighted by molar-refractivity contribution is -0.125. The third kappa shape index (κ3) is 2.26. The number of rotatable bonds is 1. The molecule has 1 amide bonds. The molecule has 21 heavy (non-hydrogen) atoms. The number of nitrogens with zero attached hydrogens (tertiary/aromatic N) is 3. The highest BCUT2D eigenvalue weighted by Crippen LogP contribution is 2.43. The Bertz CT molecular complexity index is 616. The number of amides is 1. The molecule has 0 radical (unpaired) electrons. The van der Waals surface area contributed by atoms with Gasteiger partial charge in [0.05, 0.1) is 17.4 Å². The van der Waals surface area contributed by atoms with Gasteiger partial charge in [0, 0.05) is 25.2 Å². The van der Waals surface area contributed by atoms with Gasteiger partial charge in [0.25, 0.3) is 0 Å². The number of likely N-dealkylation sites (N-methyl/N-ethyl adjacent to an activating group) is 1. The minimum Gasteiger partial charge on any atom is -0.371 e. The Labute approximate surface area is 129 Å². The van der Waals surface area contributed by atoms with Gasteiger partial charge >= 0.3 is 0 Å². The van der Waals surface area contributed by atoms with Crippen molar-refractivity contribution >= 4 is 28.9 Å². The average Bonchev–Trinajstić information content (AvgIpc) is 2.97. The maximum absolute atomic E-state index is 13.0. The molecule has 0 bridgehead atoms. The number of anilines is 2. The van der Waals surface area contributed by atoms with Crippen molar-refractivity contribution in [1.29, 1.82) is 5.26 Å². The highest BCUT2D eigenvalue weighted by molar-refractivity contribution is 6.31. The molecule has 1 heterocycles. The summed E-state index contributed by atoms with van der Waals surface area (Å²) in [7, 11) is 2.00. The summed E-state index contributed by atoms with van der Waals surface area (Å²) in [5.41, 5.74) is 0.975. The quantitative estimate of drug-likeness (QED) is 0.800. The summed E-state index contributed by atoms with van der Waals surface area (Å²) in [6, 6.07) is 7.89. The van der Waals surface area contributed by atoms with Gasteiger partial charge < -0.3 is 9.80 Å². The van der Waals surface area contributed by atoms with E-state index in [4.69, 9.17) is 11.6 Å².